The first kappa shape index (κ1) is 16.3. The molecule has 4 aliphatic rings. The number of aliphatic hydroxyl groups is 2. The molecule has 0 aromatic rings. The van der Waals surface area contributed by atoms with Crippen molar-refractivity contribution in [2.75, 3.05) is 0 Å². The molecule has 0 radical (unpaired) electrons. The van der Waals surface area contributed by atoms with E-state index in [4.69, 9.17) is 0 Å². The molecule has 0 aliphatic heterocycles. The van der Waals surface area contributed by atoms with Crippen LogP contribution in [0, 0.1) is 34.0 Å². The molecule has 3 fully saturated rings. The maximum atomic E-state index is 11.9. The molecule has 0 aromatic heterocycles. The summed E-state index contributed by atoms with van der Waals surface area (Å²) in [7, 11) is 0. The summed E-state index contributed by atoms with van der Waals surface area (Å²) in [6.07, 6.45) is 7.32. The summed E-state index contributed by atoms with van der Waals surface area (Å²) in [5.74, 6) is 0.468. The maximum Gasteiger partial charge on any atom is 0.156 e. The second-order valence-corrected chi connectivity index (χ2v) is 9.07. The Kier molecular flexibility index (Phi) is 3.20. The first-order chi connectivity index (χ1) is 11.2. The van der Waals surface area contributed by atoms with Gasteiger partial charge in [0.2, 0.25) is 0 Å². The van der Waals surface area contributed by atoms with Crippen molar-refractivity contribution in [1.82, 2.24) is 0 Å². The predicted octanol–water partition coefficient (Wildman–Crippen LogP) is 2.89. The van der Waals surface area contributed by atoms with Crippen molar-refractivity contribution in [2.24, 2.45) is 22.7 Å². The smallest absolute Gasteiger partial charge is 0.156 e. The Morgan fingerprint density at radius 2 is 1.83 bits per heavy atom. The Labute approximate surface area is 143 Å². The van der Waals surface area contributed by atoms with Gasteiger partial charge >= 0.3 is 0 Å². The van der Waals surface area contributed by atoms with E-state index < -0.39 is 16.6 Å². The Bertz CT molecular complexity index is 679. The number of hydrogen-bond donors (Lipinski definition) is 2. The zero-order chi connectivity index (χ0) is 17.4. The zero-order valence-corrected chi connectivity index (χ0v) is 14.6. The number of carbonyl (C=O) groups excluding carboxylic acids is 1. The lowest BCUT2D eigenvalue weighted by molar-refractivity contribution is -0.202. The topological polar surface area (TPSA) is 81.3 Å². The van der Waals surface area contributed by atoms with Gasteiger partial charge in [0.25, 0.3) is 0 Å². The lowest BCUT2D eigenvalue weighted by Crippen LogP contribution is -2.64. The molecule has 0 heterocycles. The Hall–Kier alpha value is -1.18. The van der Waals surface area contributed by atoms with Crippen LogP contribution < -0.4 is 0 Å². The number of ketones is 1. The lowest BCUT2D eigenvalue weighted by atomic mass is 9.44. The molecule has 0 saturated heterocycles. The summed E-state index contributed by atoms with van der Waals surface area (Å²) >= 11 is 0. The van der Waals surface area contributed by atoms with Crippen molar-refractivity contribution >= 4 is 5.78 Å². The van der Waals surface area contributed by atoms with Crippen molar-refractivity contribution in [2.45, 2.75) is 76.4 Å². The van der Waals surface area contributed by atoms with E-state index in [-0.39, 0.29) is 23.0 Å². The minimum absolute atomic E-state index is 0.106. The van der Waals surface area contributed by atoms with Crippen molar-refractivity contribution in [3.8, 4) is 6.07 Å². The molecule has 130 valence electrons. The van der Waals surface area contributed by atoms with E-state index in [9.17, 15) is 20.3 Å². The fourth-order valence-electron chi connectivity index (χ4n) is 6.70. The molecule has 0 amide bonds. The summed E-state index contributed by atoms with van der Waals surface area (Å²) in [5.41, 5.74) is -1.73. The molecule has 4 rings (SSSR count). The average Bonchev–Trinajstić information content (AvgIpc) is 2.82. The second kappa shape index (κ2) is 4.71. The Balaban J connectivity index is 1.77. The molecule has 6 unspecified atom stereocenters. The number of nitrogens with zero attached hydrogens (tertiary/aromatic N) is 1. The van der Waals surface area contributed by atoms with E-state index in [0.717, 1.165) is 31.3 Å². The van der Waals surface area contributed by atoms with Crippen LogP contribution in [0.5, 0.6) is 0 Å². The third kappa shape index (κ3) is 1.68. The van der Waals surface area contributed by atoms with Gasteiger partial charge in [-0.15, -0.1) is 0 Å². The van der Waals surface area contributed by atoms with Crippen LogP contribution in [0.2, 0.25) is 0 Å². The fraction of sp³-hybridized carbons (Fsp3) is 0.800. The molecule has 4 aliphatic carbocycles. The van der Waals surface area contributed by atoms with E-state index >= 15 is 0 Å². The summed E-state index contributed by atoms with van der Waals surface area (Å²) in [6.45, 7) is 4.18. The molecule has 0 bridgehead atoms. The Morgan fingerprint density at radius 3 is 2.54 bits per heavy atom. The van der Waals surface area contributed by atoms with Crippen molar-refractivity contribution in [3.63, 3.8) is 0 Å². The third-order valence-electron chi connectivity index (χ3n) is 8.49. The van der Waals surface area contributed by atoms with Gasteiger partial charge in [0.05, 0.1) is 11.7 Å². The van der Waals surface area contributed by atoms with E-state index in [1.54, 1.807) is 6.08 Å². The number of hydrogen-bond acceptors (Lipinski definition) is 4. The number of carbonyl (C=O) groups is 1. The van der Waals surface area contributed by atoms with Crippen LogP contribution in [-0.4, -0.2) is 27.2 Å². The highest BCUT2D eigenvalue weighted by Crippen LogP contribution is 2.68. The molecule has 0 spiro atoms. The highest BCUT2D eigenvalue weighted by molar-refractivity contribution is 5.91. The van der Waals surface area contributed by atoms with Gasteiger partial charge in [0, 0.05) is 17.3 Å². The number of fused-ring (bicyclic) bond motifs is 5. The van der Waals surface area contributed by atoms with Crippen LogP contribution in [0.1, 0.15) is 65.2 Å². The molecule has 4 heteroatoms. The summed E-state index contributed by atoms with van der Waals surface area (Å²) < 4.78 is 0. The van der Waals surface area contributed by atoms with Gasteiger partial charge in [-0.3, -0.25) is 4.79 Å². The maximum absolute atomic E-state index is 11.9. The Morgan fingerprint density at radius 1 is 1.08 bits per heavy atom. The van der Waals surface area contributed by atoms with Crippen molar-refractivity contribution in [3.05, 3.63) is 11.6 Å². The summed E-state index contributed by atoms with van der Waals surface area (Å²) in [6, 6.07) is 2.18. The minimum Gasteiger partial charge on any atom is -0.389 e. The largest absolute Gasteiger partial charge is 0.389 e. The first-order valence-corrected chi connectivity index (χ1v) is 9.30. The first-order valence-electron chi connectivity index (χ1n) is 9.30. The van der Waals surface area contributed by atoms with E-state index in [0.29, 0.717) is 25.7 Å². The summed E-state index contributed by atoms with van der Waals surface area (Å²) in [5, 5.41) is 32.2. The number of nitriles is 1. The lowest BCUT2D eigenvalue weighted by Gasteiger charge is -2.63. The molecule has 3 saturated carbocycles. The van der Waals surface area contributed by atoms with Gasteiger partial charge in [-0.05, 0) is 62.9 Å². The van der Waals surface area contributed by atoms with E-state index in [2.05, 4.69) is 13.0 Å². The van der Waals surface area contributed by atoms with Crippen LogP contribution in [0.25, 0.3) is 0 Å². The highest BCUT2D eigenvalue weighted by atomic mass is 16.3. The molecule has 0 aromatic carbocycles. The van der Waals surface area contributed by atoms with Crippen molar-refractivity contribution in [1.29, 1.82) is 5.26 Å². The molecule has 2 N–H and O–H groups in total. The second-order valence-electron chi connectivity index (χ2n) is 9.07. The van der Waals surface area contributed by atoms with Gasteiger partial charge in [0.1, 0.15) is 0 Å². The highest BCUT2D eigenvalue weighted by Gasteiger charge is 2.69. The van der Waals surface area contributed by atoms with Gasteiger partial charge in [0.15, 0.2) is 11.4 Å². The fourth-order valence-corrected chi connectivity index (χ4v) is 6.70. The van der Waals surface area contributed by atoms with Gasteiger partial charge in [-0.25, -0.2) is 0 Å². The van der Waals surface area contributed by atoms with Gasteiger partial charge in [-0.1, -0.05) is 19.4 Å². The van der Waals surface area contributed by atoms with Crippen LogP contribution >= 0.6 is 0 Å². The average molecular weight is 329 g/mol. The van der Waals surface area contributed by atoms with Crippen LogP contribution in [0.15, 0.2) is 11.6 Å². The van der Waals surface area contributed by atoms with Crippen LogP contribution in [0.4, 0.5) is 0 Å². The van der Waals surface area contributed by atoms with Gasteiger partial charge in [-0.2, -0.15) is 5.26 Å². The molecule has 24 heavy (non-hydrogen) atoms. The third-order valence-corrected chi connectivity index (χ3v) is 8.49. The molecule has 6 atom stereocenters. The quantitative estimate of drug-likeness (QED) is 0.670. The zero-order valence-electron chi connectivity index (χ0n) is 14.6. The predicted molar refractivity (Wildman–Crippen MR) is 88.7 cm³/mol. The minimum atomic E-state index is -1.27. The van der Waals surface area contributed by atoms with E-state index in [1.807, 2.05) is 6.92 Å². The summed E-state index contributed by atoms with van der Waals surface area (Å²) in [4.78, 5) is 11.9. The number of rotatable bonds is 0. The van der Waals surface area contributed by atoms with Crippen LogP contribution in [-0.2, 0) is 4.79 Å². The van der Waals surface area contributed by atoms with E-state index in [1.165, 1.54) is 0 Å². The molecular formula is C20H27NO3. The van der Waals surface area contributed by atoms with Crippen molar-refractivity contribution < 1.29 is 15.0 Å². The molecule has 4 nitrogen and oxygen atoms in total. The van der Waals surface area contributed by atoms with Crippen LogP contribution in [0.3, 0.4) is 0 Å². The SMILES string of the molecule is CC12CCC(=O)C=C1CCC1C3CCC(O)(C#N)C3(C)CCC12O. The monoisotopic (exact) mass is 329 g/mol. The van der Waals surface area contributed by atoms with Gasteiger partial charge < -0.3 is 10.2 Å². The normalized spacial score (nSPS) is 53.5. The molecular weight excluding hydrogens is 302 g/mol. The standard InChI is InChI=1S/C20H27NO3/c1-17-7-5-14(22)11-13(17)3-4-16-15-6-8-19(23,12-21)18(15,2)9-10-20(16,17)24/h11,15-16,23-24H,3-10H2,1-2H3.